The predicted molar refractivity (Wildman–Crippen MR) is 120 cm³/mol. The molecule has 0 spiro atoms. The number of morpholine rings is 1. The first-order valence-corrected chi connectivity index (χ1v) is 12.0. The van der Waals surface area contributed by atoms with E-state index < -0.39 is 22.5 Å². The summed E-state index contributed by atoms with van der Waals surface area (Å²) in [6.07, 6.45) is 0.985. The van der Waals surface area contributed by atoms with Crippen LogP contribution in [0.25, 0.3) is 0 Å². The predicted octanol–water partition coefficient (Wildman–Crippen LogP) is 2.87. The topological polar surface area (TPSA) is 96.0 Å². The van der Waals surface area contributed by atoms with Crippen molar-refractivity contribution in [2.24, 2.45) is 0 Å². The molecule has 1 saturated heterocycles. The van der Waals surface area contributed by atoms with Crippen molar-refractivity contribution in [3.63, 3.8) is 0 Å². The molecule has 2 aromatic rings. The van der Waals surface area contributed by atoms with Crippen LogP contribution in [0.3, 0.4) is 0 Å². The molecule has 8 nitrogen and oxygen atoms in total. The number of carbonyl (C=O) groups is 2. The van der Waals surface area contributed by atoms with E-state index in [-0.39, 0.29) is 21.6 Å². The van der Waals surface area contributed by atoms with Gasteiger partial charge in [-0.25, -0.2) is 8.42 Å². The first kappa shape index (κ1) is 23.3. The Morgan fingerprint density at radius 2 is 1.77 bits per heavy atom. The summed E-state index contributed by atoms with van der Waals surface area (Å²) in [5.74, 6) is -0.845. The fourth-order valence-corrected chi connectivity index (χ4v) is 4.22. The number of ether oxygens (including phenoxy) is 1. The number of benzene rings is 2. The minimum absolute atomic E-state index is 0.162. The number of rotatable bonds is 6. The van der Waals surface area contributed by atoms with Crippen LogP contribution in [0.4, 0.5) is 11.4 Å². The van der Waals surface area contributed by atoms with Gasteiger partial charge in [0.1, 0.15) is 6.54 Å². The van der Waals surface area contributed by atoms with E-state index >= 15 is 0 Å². The fraction of sp³-hybridized carbons (Fsp3) is 0.300. The fourth-order valence-electron chi connectivity index (χ4n) is 3.08. The Hall–Kier alpha value is -2.33. The third kappa shape index (κ3) is 5.88. The van der Waals surface area contributed by atoms with Crippen LogP contribution in [0.5, 0.6) is 0 Å². The number of carbonyl (C=O) groups excluding carboxylic acids is 2. The van der Waals surface area contributed by atoms with Crippen LogP contribution >= 0.6 is 23.2 Å². The number of anilines is 2. The van der Waals surface area contributed by atoms with Gasteiger partial charge in [-0.3, -0.25) is 13.9 Å². The largest absolute Gasteiger partial charge is 0.378 e. The Bertz CT molecular complexity index is 1090. The summed E-state index contributed by atoms with van der Waals surface area (Å²) < 4.78 is 30.8. The summed E-state index contributed by atoms with van der Waals surface area (Å²) in [4.78, 5) is 27.2. The van der Waals surface area contributed by atoms with Gasteiger partial charge in [-0.1, -0.05) is 35.3 Å². The molecule has 1 aliphatic heterocycles. The summed E-state index contributed by atoms with van der Waals surface area (Å²) in [6, 6.07) is 10.9. The molecule has 0 bridgehead atoms. The molecule has 0 unspecified atom stereocenters. The normalized spacial score (nSPS) is 14.2. The highest BCUT2D eigenvalue weighted by atomic mass is 35.5. The molecule has 0 saturated carbocycles. The molecule has 0 atom stereocenters. The standard InChI is InChI=1S/C20H21Cl2N3O5S/c1-31(28,29)25(14-6-7-16(21)17(22)12-14)13-19(26)23-18-5-3-2-4-15(18)20(27)24-8-10-30-11-9-24/h2-7,12H,8-11,13H2,1H3,(H,23,26). The molecule has 166 valence electrons. The number of sulfonamides is 1. The molecule has 0 radical (unpaired) electrons. The van der Waals surface area contributed by atoms with Gasteiger partial charge in [0.15, 0.2) is 0 Å². The zero-order chi connectivity index (χ0) is 22.6. The van der Waals surface area contributed by atoms with E-state index in [1.807, 2.05) is 0 Å². The van der Waals surface area contributed by atoms with Gasteiger partial charge in [0.2, 0.25) is 15.9 Å². The highest BCUT2D eigenvalue weighted by molar-refractivity contribution is 7.92. The average Bonchev–Trinajstić information content (AvgIpc) is 2.74. The van der Waals surface area contributed by atoms with Crippen molar-refractivity contribution in [2.75, 3.05) is 48.7 Å². The maximum atomic E-state index is 12.9. The molecule has 1 aliphatic rings. The van der Waals surface area contributed by atoms with Crippen molar-refractivity contribution in [1.29, 1.82) is 0 Å². The quantitative estimate of drug-likeness (QED) is 0.678. The van der Waals surface area contributed by atoms with E-state index in [0.717, 1.165) is 10.6 Å². The summed E-state index contributed by atoms with van der Waals surface area (Å²) in [5, 5.41) is 3.07. The molecule has 11 heteroatoms. The number of amides is 2. The molecular weight excluding hydrogens is 465 g/mol. The number of hydrogen-bond donors (Lipinski definition) is 1. The minimum Gasteiger partial charge on any atom is -0.378 e. The maximum absolute atomic E-state index is 12.9. The van der Waals surface area contributed by atoms with Crippen molar-refractivity contribution >= 4 is 56.4 Å². The zero-order valence-corrected chi connectivity index (χ0v) is 19.0. The van der Waals surface area contributed by atoms with Gasteiger partial charge in [-0.05, 0) is 30.3 Å². The zero-order valence-electron chi connectivity index (χ0n) is 16.7. The molecule has 2 aromatic carbocycles. The second-order valence-corrected chi connectivity index (χ2v) is 9.59. The second-order valence-electron chi connectivity index (χ2n) is 6.87. The highest BCUT2D eigenvalue weighted by Crippen LogP contribution is 2.28. The van der Waals surface area contributed by atoms with Gasteiger partial charge in [0.25, 0.3) is 5.91 Å². The van der Waals surface area contributed by atoms with Gasteiger partial charge in [0.05, 0.1) is 46.5 Å². The number of nitrogens with one attached hydrogen (secondary N) is 1. The van der Waals surface area contributed by atoms with E-state index in [1.165, 1.54) is 18.2 Å². The minimum atomic E-state index is -3.80. The Kier molecular flexibility index (Phi) is 7.42. The van der Waals surface area contributed by atoms with E-state index in [1.54, 1.807) is 29.2 Å². The number of hydrogen-bond acceptors (Lipinski definition) is 5. The van der Waals surface area contributed by atoms with E-state index in [0.29, 0.717) is 37.6 Å². The van der Waals surface area contributed by atoms with Crippen molar-refractivity contribution < 1.29 is 22.7 Å². The van der Waals surface area contributed by atoms with Crippen LogP contribution in [0.2, 0.25) is 10.0 Å². The molecule has 3 rings (SSSR count). The van der Waals surface area contributed by atoms with Crippen LogP contribution in [-0.4, -0.2) is 64.2 Å². The van der Waals surface area contributed by atoms with Crippen LogP contribution < -0.4 is 9.62 Å². The average molecular weight is 486 g/mol. The SMILES string of the molecule is CS(=O)(=O)N(CC(=O)Nc1ccccc1C(=O)N1CCOCC1)c1ccc(Cl)c(Cl)c1. The summed E-state index contributed by atoms with van der Waals surface area (Å²) in [7, 11) is -3.80. The molecule has 31 heavy (non-hydrogen) atoms. The van der Waals surface area contributed by atoms with E-state index in [2.05, 4.69) is 5.32 Å². The van der Waals surface area contributed by atoms with E-state index in [9.17, 15) is 18.0 Å². The Morgan fingerprint density at radius 3 is 2.42 bits per heavy atom. The van der Waals surface area contributed by atoms with Crippen LogP contribution in [0.1, 0.15) is 10.4 Å². The van der Waals surface area contributed by atoms with Gasteiger partial charge in [-0.15, -0.1) is 0 Å². The second kappa shape index (κ2) is 9.86. The van der Waals surface area contributed by atoms with Gasteiger partial charge in [-0.2, -0.15) is 0 Å². The van der Waals surface area contributed by atoms with Crippen molar-refractivity contribution in [1.82, 2.24) is 4.90 Å². The molecule has 0 aromatic heterocycles. The third-order valence-corrected chi connectivity index (χ3v) is 6.49. The van der Waals surface area contributed by atoms with Gasteiger partial charge >= 0.3 is 0 Å². The molecule has 1 fully saturated rings. The number of nitrogens with zero attached hydrogens (tertiary/aromatic N) is 2. The Morgan fingerprint density at radius 1 is 1.10 bits per heavy atom. The summed E-state index contributed by atoms with van der Waals surface area (Å²) >= 11 is 11.9. The third-order valence-electron chi connectivity index (χ3n) is 4.61. The van der Waals surface area contributed by atoms with Crippen molar-refractivity contribution in [2.45, 2.75) is 0 Å². The smallest absolute Gasteiger partial charge is 0.256 e. The number of halogens is 2. The highest BCUT2D eigenvalue weighted by Gasteiger charge is 2.24. The lowest BCUT2D eigenvalue weighted by Gasteiger charge is -2.27. The summed E-state index contributed by atoms with van der Waals surface area (Å²) in [5.41, 5.74) is 0.814. The lowest BCUT2D eigenvalue weighted by Crippen LogP contribution is -2.41. The lowest BCUT2D eigenvalue weighted by molar-refractivity contribution is -0.114. The summed E-state index contributed by atoms with van der Waals surface area (Å²) in [6.45, 7) is 1.32. The van der Waals surface area contributed by atoms with Crippen LogP contribution in [-0.2, 0) is 19.6 Å². The van der Waals surface area contributed by atoms with Crippen molar-refractivity contribution in [3.8, 4) is 0 Å². The van der Waals surface area contributed by atoms with E-state index in [4.69, 9.17) is 27.9 Å². The Balaban J connectivity index is 1.80. The first-order chi connectivity index (χ1) is 14.7. The molecule has 2 amide bonds. The lowest BCUT2D eigenvalue weighted by atomic mass is 10.1. The molecule has 0 aliphatic carbocycles. The van der Waals surface area contributed by atoms with Gasteiger partial charge in [0, 0.05) is 13.1 Å². The van der Waals surface area contributed by atoms with Crippen LogP contribution in [0, 0.1) is 0 Å². The Labute approximate surface area is 190 Å². The maximum Gasteiger partial charge on any atom is 0.256 e. The first-order valence-electron chi connectivity index (χ1n) is 9.35. The van der Waals surface area contributed by atoms with Crippen molar-refractivity contribution in [3.05, 3.63) is 58.1 Å². The monoisotopic (exact) mass is 485 g/mol. The molecule has 1 N–H and O–H groups in total. The van der Waals surface area contributed by atoms with Gasteiger partial charge < -0.3 is 15.0 Å². The molecular formula is C20H21Cl2N3O5S. The number of para-hydroxylation sites is 1. The molecule has 1 heterocycles. The van der Waals surface area contributed by atoms with Crippen LogP contribution in [0.15, 0.2) is 42.5 Å².